The highest BCUT2D eigenvalue weighted by atomic mass is 35.5. The van der Waals surface area contributed by atoms with Crippen LogP contribution in [0.25, 0.3) is 11.5 Å². The van der Waals surface area contributed by atoms with Crippen LogP contribution in [0.1, 0.15) is 0 Å². The van der Waals surface area contributed by atoms with Gasteiger partial charge in [0, 0.05) is 5.69 Å². The van der Waals surface area contributed by atoms with E-state index < -0.39 is 0 Å². The molecule has 0 radical (unpaired) electrons. The summed E-state index contributed by atoms with van der Waals surface area (Å²) in [6.07, 6.45) is 0. The highest BCUT2D eigenvalue weighted by Gasteiger charge is 2.12. The van der Waals surface area contributed by atoms with Crippen molar-refractivity contribution >= 4 is 24.1 Å². The predicted molar refractivity (Wildman–Crippen MR) is 83.3 cm³/mol. The summed E-state index contributed by atoms with van der Waals surface area (Å²) in [5, 5.41) is 11.1. The van der Waals surface area contributed by atoms with Crippen molar-refractivity contribution in [1.29, 1.82) is 0 Å². The molecule has 1 N–H and O–H groups in total. The minimum Gasteiger partial charge on any atom is -0.496 e. The van der Waals surface area contributed by atoms with Crippen LogP contribution in [0.2, 0.25) is 0 Å². The highest BCUT2D eigenvalue weighted by Crippen LogP contribution is 2.29. The van der Waals surface area contributed by atoms with Crippen LogP contribution in [-0.4, -0.2) is 17.3 Å². The van der Waals surface area contributed by atoms with Gasteiger partial charge in [0.05, 0.1) is 12.7 Å². The van der Waals surface area contributed by atoms with Gasteiger partial charge in [-0.15, -0.1) is 17.5 Å². The average molecular weight is 304 g/mol. The van der Waals surface area contributed by atoms with E-state index in [2.05, 4.69) is 15.5 Å². The monoisotopic (exact) mass is 303 g/mol. The molecular formula is C15H14ClN3O2. The smallest absolute Gasteiger partial charge is 0.320 e. The van der Waals surface area contributed by atoms with E-state index in [-0.39, 0.29) is 12.4 Å². The summed E-state index contributed by atoms with van der Waals surface area (Å²) in [6, 6.07) is 17.5. The number of ether oxygens (including phenoxy) is 1. The SMILES string of the molecule is COc1ccccc1-c1nnc(Nc2ccccc2)o1.Cl. The van der Waals surface area contributed by atoms with Gasteiger partial charge in [0.2, 0.25) is 0 Å². The van der Waals surface area contributed by atoms with Crippen LogP contribution in [0.4, 0.5) is 11.7 Å². The quantitative estimate of drug-likeness (QED) is 0.792. The topological polar surface area (TPSA) is 60.2 Å². The minimum absolute atomic E-state index is 0. The fraction of sp³-hybridized carbons (Fsp3) is 0.0667. The number of para-hydroxylation sites is 2. The Kier molecular flexibility index (Phi) is 4.79. The Morgan fingerprint density at radius 3 is 2.43 bits per heavy atom. The van der Waals surface area contributed by atoms with Crippen molar-refractivity contribution in [3.05, 3.63) is 54.6 Å². The fourth-order valence-electron chi connectivity index (χ4n) is 1.85. The minimum atomic E-state index is 0. The molecule has 0 saturated carbocycles. The molecule has 6 heteroatoms. The molecule has 0 saturated heterocycles. The standard InChI is InChI=1S/C15H13N3O2.ClH/c1-19-13-10-6-5-9-12(13)14-17-18-15(20-14)16-11-7-3-2-4-8-11;/h2-10H,1H3,(H,16,18);1H. The van der Waals surface area contributed by atoms with Crippen molar-refractivity contribution in [2.45, 2.75) is 0 Å². The van der Waals surface area contributed by atoms with Crippen LogP contribution in [0.15, 0.2) is 59.0 Å². The number of nitrogens with zero attached hydrogens (tertiary/aromatic N) is 2. The summed E-state index contributed by atoms with van der Waals surface area (Å²) in [5.41, 5.74) is 1.66. The number of benzene rings is 2. The number of aromatic nitrogens is 2. The molecule has 0 fully saturated rings. The van der Waals surface area contributed by atoms with E-state index in [0.717, 1.165) is 11.3 Å². The van der Waals surface area contributed by atoms with Crippen molar-refractivity contribution in [1.82, 2.24) is 10.2 Å². The third-order valence-electron chi connectivity index (χ3n) is 2.79. The second-order valence-electron chi connectivity index (χ2n) is 4.10. The summed E-state index contributed by atoms with van der Waals surface area (Å²) in [5.74, 6) is 1.11. The maximum absolute atomic E-state index is 5.60. The molecule has 0 atom stereocenters. The third-order valence-corrected chi connectivity index (χ3v) is 2.79. The Labute approximate surface area is 128 Å². The first kappa shape index (κ1) is 14.9. The number of methoxy groups -OCH3 is 1. The van der Waals surface area contributed by atoms with Gasteiger partial charge in [-0.25, -0.2) is 0 Å². The average Bonchev–Trinajstić information content (AvgIpc) is 2.96. The van der Waals surface area contributed by atoms with E-state index >= 15 is 0 Å². The van der Waals surface area contributed by atoms with Gasteiger partial charge in [-0.1, -0.05) is 35.4 Å². The van der Waals surface area contributed by atoms with Gasteiger partial charge < -0.3 is 14.5 Å². The Morgan fingerprint density at radius 1 is 0.952 bits per heavy atom. The maximum Gasteiger partial charge on any atom is 0.320 e. The molecule has 0 bridgehead atoms. The molecule has 2 aromatic carbocycles. The molecule has 21 heavy (non-hydrogen) atoms. The van der Waals surface area contributed by atoms with Crippen molar-refractivity contribution in [2.75, 3.05) is 12.4 Å². The molecule has 1 aromatic heterocycles. The van der Waals surface area contributed by atoms with Crippen LogP contribution in [0, 0.1) is 0 Å². The first-order valence-electron chi connectivity index (χ1n) is 6.16. The first-order chi connectivity index (χ1) is 9.86. The largest absolute Gasteiger partial charge is 0.496 e. The molecule has 0 spiro atoms. The van der Waals surface area contributed by atoms with Gasteiger partial charge in [-0.3, -0.25) is 0 Å². The number of halogens is 1. The van der Waals surface area contributed by atoms with Crippen LogP contribution in [0.5, 0.6) is 5.75 Å². The molecular weight excluding hydrogens is 290 g/mol. The van der Waals surface area contributed by atoms with Gasteiger partial charge in [0.1, 0.15) is 5.75 Å². The molecule has 108 valence electrons. The summed E-state index contributed by atoms with van der Waals surface area (Å²) in [4.78, 5) is 0. The summed E-state index contributed by atoms with van der Waals surface area (Å²) in [6.45, 7) is 0. The highest BCUT2D eigenvalue weighted by molar-refractivity contribution is 5.85. The first-order valence-corrected chi connectivity index (χ1v) is 6.16. The second-order valence-corrected chi connectivity index (χ2v) is 4.10. The van der Waals surface area contributed by atoms with Crippen LogP contribution in [-0.2, 0) is 0 Å². The van der Waals surface area contributed by atoms with Gasteiger partial charge in [-0.05, 0) is 24.3 Å². The lowest BCUT2D eigenvalue weighted by Gasteiger charge is -2.03. The Hall–Kier alpha value is -2.53. The Bertz CT molecular complexity index is 701. The zero-order valence-electron chi connectivity index (χ0n) is 11.3. The fourth-order valence-corrected chi connectivity index (χ4v) is 1.85. The normalized spacial score (nSPS) is 9.76. The van der Waals surface area contributed by atoms with Crippen LogP contribution >= 0.6 is 12.4 Å². The molecule has 3 aromatic rings. The molecule has 1 heterocycles. The van der Waals surface area contributed by atoms with Crippen molar-refractivity contribution in [2.24, 2.45) is 0 Å². The summed E-state index contributed by atoms with van der Waals surface area (Å²) in [7, 11) is 1.61. The van der Waals surface area contributed by atoms with E-state index in [1.807, 2.05) is 54.6 Å². The molecule has 0 amide bonds. The lowest BCUT2D eigenvalue weighted by atomic mass is 10.2. The van der Waals surface area contributed by atoms with E-state index in [1.165, 1.54) is 0 Å². The summed E-state index contributed by atoms with van der Waals surface area (Å²) >= 11 is 0. The molecule has 5 nitrogen and oxygen atoms in total. The van der Waals surface area contributed by atoms with Crippen LogP contribution < -0.4 is 10.1 Å². The molecule has 0 aliphatic carbocycles. The number of anilines is 2. The van der Waals surface area contributed by atoms with E-state index in [0.29, 0.717) is 17.7 Å². The van der Waals surface area contributed by atoms with Crippen molar-refractivity contribution in [3.63, 3.8) is 0 Å². The maximum atomic E-state index is 5.60. The molecule has 3 rings (SSSR count). The Morgan fingerprint density at radius 2 is 1.67 bits per heavy atom. The van der Waals surface area contributed by atoms with Gasteiger partial charge in [0.25, 0.3) is 5.89 Å². The number of hydrogen-bond donors (Lipinski definition) is 1. The van der Waals surface area contributed by atoms with Gasteiger partial charge >= 0.3 is 6.01 Å². The van der Waals surface area contributed by atoms with Crippen molar-refractivity contribution in [3.8, 4) is 17.2 Å². The van der Waals surface area contributed by atoms with E-state index in [9.17, 15) is 0 Å². The predicted octanol–water partition coefficient (Wildman–Crippen LogP) is 3.91. The van der Waals surface area contributed by atoms with Gasteiger partial charge in [-0.2, -0.15) is 0 Å². The number of nitrogens with one attached hydrogen (secondary N) is 1. The van der Waals surface area contributed by atoms with Gasteiger partial charge in [0.15, 0.2) is 0 Å². The zero-order chi connectivity index (χ0) is 13.8. The van der Waals surface area contributed by atoms with E-state index in [1.54, 1.807) is 7.11 Å². The lowest BCUT2D eigenvalue weighted by Crippen LogP contribution is -1.88. The molecule has 0 unspecified atom stereocenters. The lowest BCUT2D eigenvalue weighted by molar-refractivity contribution is 0.414. The third kappa shape index (κ3) is 3.32. The summed E-state index contributed by atoms with van der Waals surface area (Å²) < 4.78 is 10.9. The number of hydrogen-bond acceptors (Lipinski definition) is 5. The number of rotatable bonds is 4. The molecule has 0 aliphatic heterocycles. The van der Waals surface area contributed by atoms with E-state index in [4.69, 9.17) is 9.15 Å². The zero-order valence-corrected chi connectivity index (χ0v) is 12.1. The second kappa shape index (κ2) is 6.76. The Balaban J connectivity index is 0.00000161. The molecule has 0 aliphatic rings. The van der Waals surface area contributed by atoms with Crippen LogP contribution in [0.3, 0.4) is 0 Å². The van der Waals surface area contributed by atoms with Crippen molar-refractivity contribution < 1.29 is 9.15 Å².